The molecule has 2 aromatic rings. The second-order valence-corrected chi connectivity index (χ2v) is 9.06. The summed E-state index contributed by atoms with van der Waals surface area (Å²) in [6.45, 7) is 7.93. The van der Waals surface area contributed by atoms with Crippen molar-refractivity contribution in [3.05, 3.63) is 53.1 Å². The summed E-state index contributed by atoms with van der Waals surface area (Å²) in [7, 11) is -2.39. The molecule has 0 saturated carbocycles. The minimum atomic E-state index is -3.76. The first-order valence-corrected chi connectivity index (χ1v) is 11.7. The van der Waals surface area contributed by atoms with Gasteiger partial charge in [-0.15, -0.1) is 0 Å². The van der Waals surface area contributed by atoms with Gasteiger partial charge in [0.25, 0.3) is 11.8 Å². The molecule has 0 radical (unpaired) electrons. The first-order chi connectivity index (χ1) is 15.1. The number of nitrogens with zero attached hydrogens (tertiary/aromatic N) is 1. The van der Waals surface area contributed by atoms with Crippen molar-refractivity contribution in [1.29, 1.82) is 0 Å². The highest BCUT2D eigenvalue weighted by Crippen LogP contribution is 2.24. The summed E-state index contributed by atoms with van der Waals surface area (Å²) in [5.74, 6) is -0.980. The third-order valence-electron chi connectivity index (χ3n) is 4.90. The van der Waals surface area contributed by atoms with Crippen LogP contribution in [0.15, 0.2) is 41.3 Å². The summed E-state index contributed by atoms with van der Waals surface area (Å²) in [5.41, 5.74) is 7.54. The maximum Gasteiger partial charge on any atom is 0.273 e. The summed E-state index contributed by atoms with van der Waals surface area (Å²) >= 11 is 0. The highest BCUT2D eigenvalue weighted by molar-refractivity contribution is 7.89. The minimum Gasteiger partial charge on any atom is -0.496 e. The number of amides is 2. The number of rotatable bonds is 9. The largest absolute Gasteiger partial charge is 0.496 e. The number of aryl methyl sites for hydroxylation is 2. The molecule has 2 rings (SSSR count). The normalized spacial score (nSPS) is 11.2. The molecule has 0 heterocycles. The Morgan fingerprint density at radius 3 is 2.28 bits per heavy atom. The number of sulfonamides is 1. The first-order valence-electron chi connectivity index (χ1n) is 10.2. The van der Waals surface area contributed by atoms with Crippen molar-refractivity contribution in [1.82, 2.24) is 15.2 Å². The molecule has 0 atom stereocenters. The van der Waals surface area contributed by atoms with Gasteiger partial charge < -0.3 is 10.1 Å². The van der Waals surface area contributed by atoms with Crippen molar-refractivity contribution in [2.24, 2.45) is 0 Å². The summed E-state index contributed by atoms with van der Waals surface area (Å²) in [6.07, 6.45) is 0. The van der Waals surface area contributed by atoms with E-state index in [0.29, 0.717) is 13.1 Å². The van der Waals surface area contributed by atoms with Gasteiger partial charge in [-0.05, 0) is 43.7 Å². The van der Waals surface area contributed by atoms with E-state index in [-0.39, 0.29) is 22.8 Å². The van der Waals surface area contributed by atoms with E-state index in [4.69, 9.17) is 4.74 Å². The lowest BCUT2D eigenvalue weighted by atomic mass is 10.1. The number of anilines is 1. The molecule has 0 spiro atoms. The van der Waals surface area contributed by atoms with Crippen LogP contribution in [0.5, 0.6) is 5.75 Å². The van der Waals surface area contributed by atoms with Crippen LogP contribution in [0.1, 0.15) is 35.3 Å². The highest BCUT2D eigenvalue weighted by Gasteiger charge is 2.24. The van der Waals surface area contributed by atoms with E-state index in [2.05, 4.69) is 16.2 Å². The molecule has 0 aliphatic rings. The zero-order valence-corrected chi connectivity index (χ0v) is 19.8. The smallest absolute Gasteiger partial charge is 0.273 e. The Hall–Kier alpha value is -3.11. The molecule has 0 aliphatic carbocycles. The fourth-order valence-electron chi connectivity index (χ4n) is 3.16. The average molecular weight is 463 g/mol. The lowest BCUT2D eigenvalue weighted by molar-refractivity contribution is -0.120. The molecule has 10 heteroatoms. The van der Waals surface area contributed by atoms with E-state index in [0.717, 1.165) is 16.8 Å². The number of hydrogen-bond donors (Lipinski definition) is 3. The first kappa shape index (κ1) is 25.2. The Kier molecular flexibility index (Phi) is 8.62. The van der Waals surface area contributed by atoms with Crippen LogP contribution in [-0.4, -0.2) is 51.3 Å². The van der Waals surface area contributed by atoms with E-state index in [9.17, 15) is 18.0 Å². The topological polar surface area (TPSA) is 117 Å². The Balaban J connectivity index is 2.09. The molecule has 2 amide bonds. The number of methoxy groups -OCH3 is 1. The van der Waals surface area contributed by atoms with Crippen molar-refractivity contribution in [3.63, 3.8) is 0 Å². The summed E-state index contributed by atoms with van der Waals surface area (Å²) in [5, 5.41) is 3.01. The monoisotopic (exact) mass is 462 g/mol. The maximum absolute atomic E-state index is 12.8. The van der Waals surface area contributed by atoms with Gasteiger partial charge >= 0.3 is 0 Å². The van der Waals surface area contributed by atoms with Crippen LogP contribution in [0.2, 0.25) is 0 Å². The molecule has 0 unspecified atom stereocenters. The quantitative estimate of drug-likeness (QED) is 0.492. The van der Waals surface area contributed by atoms with Gasteiger partial charge in [0.2, 0.25) is 10.0 Å². The molecular weight excluding hydrogens is 432 g/mol. The molecular formula is C22H30N4O5S. The molecule has 0 aliphatic heterocycles. The molecule has 174 valence electrons. The molecule has 32 heavy (non-hydrogen) atoms. The molecule has 0 fully saturated rings. The van der Waals surface area contributed by atoms with E-state index in [1.165, 1.54) is 29.6 Å². The maximum atomic E-state index is 12.8. The van der Waals surface area contributed by atoms with Crippen LogP contribution in [0.4, 0.5) is 5.69 Å². The second kappa shape index (κ2) is 11.0. The molecule has 2 aromatic carbocycles. The lowest BCUT2D eigenvalue weighted by Crippen LogP contribution is -2.44. The SMILES string of the molecule is CCN(CC)S(=O)(=O)c1ccc(OC)c(C(=O)NNC(=O)CNc2ccc(C)cc2C)c1. The zero-order valence-electron chi connectivity index (χ0n) is 19.0. The van der Waals surface area contributed by atoms with Crippen molar-refractivity contribution in [2.75, 3.05) is 32.1 Å². The van der Waals surface area contributed by atoms with E-state index in [1.807, 2.05) is 32.0 Å². The van der Waals surface area contributed by atoms with Gasteiger partial charge in [0.05, 0.1) is 24.1 Å². The molecule has 9 nitrogen and oxygen atoms in total. The Morgan fingerprint density at radius 1 is 1.00 bits per heavy atom. The second-order valence-electron chi connectivity index (χ2n) is 7.13. The van der Waals surface area contributed by atoms with Gasteiger partial charge in [0.1, 0.15) is 5.75 Å². The number of carbonyl (C=O) groups is 2. The summed E-state index contributed by atoms with van der Waals surface area (Å²) < 4.78 is 32.0. The Morgan fingerprint density at radius 2 is 1.69 bits per heavy atom. The van der Waals surface area contributed by atoms with Crippen molar-refractivity contribution in [2.45, 2.75) is 32.6 Å². The third kappa shape index (κ3) is 5.98. The standard InChI is InChI=1S/C22H30N4O5S/c1-6-26(7-2)32(29,30)17-9-11-20(31-5)18(13-17)22(28)25-24-21(27)14-23-19-10-8-15(3)12-16(19)4/h8-13,23H,6-7,14H2,1-5H3,(H,24,27)(H,25,28). The molecule has 0 aromatic heterocycles. The number of hydrogen-bond acceptors (Lipinski definition) is 6. The van der Waals surface area contributed by atoms with E-state index < -0.39 is 21.8 Å². The number of hydrazine groups is 1. The molecule has 0 saturated heterocycles. The van der Waals surface area contributed by atoms with Gasteiger partial charge in [-0.3, -0.25) is 20.4 Å². The van der Waals surface area contributed by atoms with Crippen LogP contribution >= 0.6 is 0 Å². The number of nitrogens with one attached hydrogen (secondary N) is 3. The van der Waals surface area contributed by atoms with Crippen LogP contribution in [-0.2, 0) is 14.8 Å². The highest BCUT2D eigenvalue weighted by atomic mass is 32.2. The van der Waals surface area contributed by atoms with Gasteiger partial charge in [-0.1, -0.05) is 31.5 Å². The number of benzene rings is 2. The fraction of sp³-hybridized carbons (Fsp3) is 0.364. The van der Waals surface area contributed by atoms with E-state index in [1.54, 1.807) is 13.8 Å². The van der Waals surface area contributed by atoms with Crippen LogP contribution < -0.4 is 20.9 Å². The number of carbonyl (C=O) groups excluding carboxylic acids is 2. The van der Waals surface area contributed by atoms with Gasteiger partial charge in [-0.2, -0.15) is 4.31 Å². The summed E-state index contributed by atoms with van der Waals surface area (Å²) in [4.78, 5) is 24.8. The Labute approximate surface area is 189 Å². The van der Waals surface area contributed by atoms with Crippen LogP contribution in [0.25, 0.3) is 0 Å². The van der Waals surface area contributed by atoms with Gasteiger partial charge in [0, 0.05) is 18.8 Å². The third-order valence-corrected chi connectivity index (χ3v) is 6.94. The van der Waals surface area contributed by atoms with E-state index >= 15 is 0 Å². The Bertz CT molecular complexity index is 1080. The number of ether oxygens (including phenoxy) is 1. The van der Waals surface area contributed by atoms with Crippen LogP contribution in [0.3, 0.4) is 0 Å². The van der Waals surface area contributed by atoms with Crippen LogP contribution in [0, 0.1) is 13.8 Å². The minimum absolute atomic E-state index is 0.0108. The fourth-order valence-corrected chi connectivity index (χ4v) is 4.65. The average Bonchev–Trinajstić information content (AvgIpc) is 2.77. The van der Waals surface area contributed by atoms with Crippen molar-refractivity contribution in [3.8, 4) is 5.75 Å². The summed E-state index contributed by atoms with van der Waals surface area (Å²) in [6, 6.07) is 9.84. The zero-order chi connectivity index (χ0) is 23.9. The predicted molar refractivity (Wildman–Crippen MR) is 123 cm³/mol. The lowest BCUT2D eigenvalue weighted by Gasteiger charge is -2.19. The van der Waals surface area contributed by atoms with Gasteiger partial charge in [0.15, 0.2) is 0 Å². The van der Waals surface area contributed by atoms with Gasteiger partial charge in [-0.25, -0.2) is 8.42 Å². The van der Waals surface area contributed by atoms with Crippen molar-refractivity contribution < 1.29 is 22.7 Å². The molecule has 3 N–H and O–H groups in total. The molecule has 0 bridgehead atoms. The predicted octanol–water partition coefficient (Wildman–Crippen LogP) is 2.22. The van der Waals surface area contributed by atoms with Crippen molar-refractivity contribution >= 4 is 27.5 Å².